The van der Waals surface area contributed by atoms with E-state index < -0.39 is 4.92 Å². The van der Waals surface area contributed by atoms with Gasteiger partial charge < -0.3 is 10.7 Å². The van der Waals surface area contributed by atoms with E-state index in [0.717, 1.165) is 5.56 Å². The molecule has 0 radical (unpaired) electrons. The lowest BCUT2D eigenvalue weighted by Gasteiger charge is -2.15. The molecule has 0 bridgehead atoms. The minimum Gasteiger partial charge on any atom is -0.363 e. The average molecular weight is 308 g/mol. The quantitative estimate of drug-likeness (QED) is 0.445. The second-order valence-electron chi connectivity index (χ2n) is 4.41. The number of nitrogens with zero attached hydrogens (tertiary/aromatic N) is 2. The summed E-state index contributed by atoms with van der Waals surface area (Å²) < 4.78 is 0. The summed E-state index contributed by atoms with van der Waals surface area (Å²) in [6.07, 6.45) is 0. The summed E-state index contributed by atoms with van der Waals surface area (Å²) in [4.78, 5) is 14.5. The van der Waals surface area contributed by atoms with Gasteiger partial charge in [0.05, 0.1) is 17.1 Å². The molecule has 7 nitrogen and oxygen atoms in total. The normalized spacial score (nSPS) is 11.8. The van der Waals surface area contributed by atoms with Gasteiger partial charge in [0.1, 0.15) is 11.6 Å². The summed E-state index contributed by atoms with van der Waals surface area (Å²) in [5, 5.41) is 14.6. The van der Waals surface area contributed by atoms with Crippen LogP contribution in [-0.4, -0.2) is 9.91 Å². The topological polar surface area (TPSA) is 106 Å². The zero-order valence-corrected chi connectivity index (χ0v) is 12.0. The molecule has 0 aliphatic rings. The maximum atomic E-state index is 10.9. The first-order valence-corrected chi connectivity index (χ1v) is 6.52. The molecule has 2 rings (SSSR count). The Kier molecular flexibility index (Phi) is 4.56. The molecule has 0 amide bonds. The lowest BCUT2D eigenvalue weighted by molar-refractivity contribution is -0.384. The number of hydrogen-bond donors (Lipinski definition) is 3. The summed E-state index contributed by atoms with van der Waals surface area (Å²) in [5.74, 6) is 5.85. The highest BCUT2D eigenvalue weighted by Gasteiger charge is 2.13. The number of benzene rings is 1. The Morgan fingerprint density at radius 2 is 1.90 bits per heavy atom. The first kappa shape index (κ1) is 15.0. The molecule has 1 atom stereocenters. The Morgan fingerprint density at radius 3 is 2.48 bits per heavy atom. The third-order valence-corrected chi connectivity index (χ3v) is 3.16. The Balaban J connectivity index is 2.23. The number of anilines is 2. The van der Waals surface area contributed by atoms with E-state index in [4.69, 9.17) is 17.4 Å². The lowest BCUT2D eigenvalue weighted by Crippen LogP contribution is -2.12. The Hall–Kier alpha value is -2.38. The van der Waals surface area contributed by atoms with Crippen LogP contribution in [0.15, 0.2) is 36.4 Å². The molecule has 1 unspecified atom stereocenters. The number of halogens is 1. The summed E-state index contributed by atoms with van der Waals surface area (Å²) >= 11 is 5.84. The van der Waals surface area contributed by atoms with E-state index in [1.807, 2.05) is 19.1 Å². The highest BCUT2D eigenvalue weighted by molar-refractivity contribution is 6.30. The van der Waals surface area contributed by atoms with E-state index in [0.29, 0.717) is 10.8 Å². The molecule has 0 spiro atoms. The van der Waals surface area contributed by atoms with Crippen molar-refractivity contribution in [1.29, 1.82) is 0 Å². The number of pyridine rings is 1. The maximum absolute atomic E-state index is 10.9. The van der Waals surface area contributed by atoms with Crippen molar-refractivity contribution >= 4 is 28.9 Å². The van der Waals surface area contributed by atoms with Gasteiger partial charge in [-0.3, -0.25) is 10.1 Å². The molecule has 0 aliphatic heterocycles. The number of nitrogens with two attached hydrogens (primary N) is 1. The second kappa shape index (κ2) is 6.38. The molecule has 2 aromatic rings. The fraction of sp³-hybridized carbons (Fsp3) is 0.154. The van der Waals surface area contributed by atoms with Gasteiger partial charge in [0.2, 0.25) is 0 Å². The van der Waals surface area contributed by atoms with Gasteiger partial charge in [0.25, 0.3) is 5.69 Å². The van der Waals surface area contributed by atoms with E-state index in [1.165, 1.54) is 12.1 Å². The van der Waals surface area contributed by atoms with Crippen molar-refractivity contribution in [3.8, 4) is 0 Å². The molecule has 0 saturated heterocycles. The minimum atomic E-state index is -0.499. The van der Waals surface area contributed by atoms with Crippen molar-refractivity contribution in [2.75, 3.05) is 10.7 Å². The molecule has 4 N–H and O–H groups in total. The van der Waals surface area contributed by atoms with Gasteiger partial charge in [-0.05, 0) is 24.6 Å². The maximum Gasteiger partial charge on any atom is 0.276 e. The number of nitrogens with one attached hydrogen (secondary N) is 2. The Morgan fingerprint density at radius 1 is 1.29 bits per heavy atom. The van der Waals surface area contributed by atoms with Crippen molar-refractivity contribution in [3.05, 3.63) is 57.1 Å². The second-order valence-corrected chi connectivity index (χ2v) is 4.85. The van der Waals surface area contributed by atoms with E-state index in [2.05, 4.69) is 15.7 Å². The molecular formula is C13H14ClN5O2. The van der Waals surface area contributed by atoms with Crippen LogP contribution in [0.1, 0.15) is 18.5 Å². The van der Waals surface area contributed by atoms with Gasteiger partial charge in [-0.25, -0.2) is 10.8 Å². The van der Waals surface area contributed by atoms with Crippen molar-refractivity contribution in [2.24, 2.45) is 5.84 Å². The smallest absolute Gasteiger partial charge is 0.276 e. The zero-order chi connectivity index (χ0) is 15.4. The van der Waals surface area contributed by atoms with Crippen molar-refractivity contribution < 1.29 is 4.92 Å². The van der Waals surface area contributed by atoms with Crippen LogP contribution < -0.4 is 16.6 Å². The van der Waals surface area contributed by atoms with Gasteiger partial charge in [0.15, 0.2) is 0 Å². The molecular weight excluding hydrogens is 294 g/mol. The van der Waals surface area contributed by atoms with Gasteiger partial charge in [0, 0.05) is 11.1 Å². The number of hydrogen-bond acceptors (Lipinski definition) is 6. The molecule has 0 fully saturated rings. The predicted molar refractivity (Wildman–Crippen MR) is 82.2 cm³/mol. The predicted octanol–water partition coefficient (Wildman–Crippen LogP) is 3.10. The van der Waals surface area contributed by atoms with Crippen molar-refractivity contribution in [3.63, 3.8) is 0 Å². The van der Waals surface area contributed by atoms with Crippen LogP contribution in [0, 0.1) is 10.1 Å². The van der Waals surface area contributed by atoms with Crippen LogP contribution in [-0.2, 0) is 0 Å². The minimum absolute atomic E-state index is 0.0937. The molecule has 21 heavy (non-hydrogen) atoms. The summed E-state index contributed by atoms with van der Waals surface area (Å²) in [6.45, 7) is 1.92. The highest BCUT2D eigenvalue weighted by Crippen LogP contribution is 2.24. The number of nitrogen functional groups attached to an aromatic ring is 1. The van der Waals surface area contributed by atoms with Crippen LogP contribution in [0.3, 0.4) is 0 Å². The number of rotatable bonds is 5. The number of hydrazine groups is 1. The van der Waals surface area contributed by atoms with Crippen molar-refractivity contribution in [1.82, 2.24) is 4.98 Å². The van der Waals surface area contributed by atoms with Crippen LogP contribution in [0.2, 0.25) is 5.02 Å². The fourth-order valence-corrected chi connectivity index (χ4v) is 1.95. The van der Waals surface area contributed by atoms with E-state index >= 15 is 0 Å². The number of nitro groups is 1. The zero-order valence-electron chi connectivity index (χ0n) is 11.2. The highest BCUT2D eigenvalue weighted by atomic mass is 35.5. The van der Waals surface area contributed by atoms with E-state index in [1.54, 1.807) is 12.1 Å². The average Bonchev–Trinajstić information content (AvgIpc) is 2.47. The molecule has 0 saturated carbocycles. The van der Waals surface area contributed by atoms with E-state index in [9.17, 15) is 10.1 Å². The Bertz CT molecular complexity index is 648. The van der Waals surface area contributed by atoms with Gasteiger partial charge in [-0.15, -0.1) is 0 Å². The summed E-state index contributed by atoms with van der Waals surface area (Å²) in [7, 11) is 0. The number of aromatic nitrogens is 1. The van der Waals surface area contributed by atoms with Gasteiger partial charge in [-0.2, -0.15) is 0 Å². The third kappa shape index (κ3) is 3.80. The van der Waals surface area contributed by atoms with Crippen LogP contribution in [0.5, 0.6) is 0 Å². The Labute approximate surface area is 126 Å². The van der Waals surface area contributed by atoms with Crippen LogP contribution >= 0.6 is 11.6 Å². The standard InChI is InChI=1S/C13H14ClN5O2/c1-8(9-2-4-10(14)5-3-9)16-12-6-11(19(20)21)7-13(17-12)18-15/h2-8H,15H2,1H3,(H2,16,17,18). The molecule has 8 heteroatoms. The monoisotopic (exact) mass is 307 g/mol. The van der Waals surface area contributed by atoms with Gasteiger partial charge >= 0.3 is 0 Å². The van der Waals surface area contributed by atoms with Crippen LogP contribution in [0.25, 0.3) is 0 Å². The first-order valence-electron chi connectivity index (χ1n) is 6.14. The molecule has 110 valence electrons. The van der Waals surface area contributed by atoms with Crippen molar-refractivity contribution in [2.45, 2.75) is 13.0 Å². The summed E-state index contributed by atoms with van der Waals surface area (Å²) in [5.41, 5.74) is 3.20. The SMILES string of the molecule is CC(Nc1cc([N+](=O)[O-])cc(NN)n1)c1ccc(Cl)cc1. The van der Waals surface area contributed by atoms with E-state index in [-0.39, 0.29) is 17.5 Å². The molecule has 1 aromatic heterocycles. The summed E-state index contributed by atoms with van der Waals surface area (Å²) in [6, 6.07) is 9.83. The molecule has 1 heterocycles. The molecule has 0 aliphatic carbocycles. The van der Waals surface area contributed by atoms with Gasteiger partial charge in [-0.1, -0.05) is 23.7 Å². The third-order valence-electron chi connectivity index (χ3n) is 2.90. The fourth-order valence-electron chi connectivity index (χ4n) is 1.83. The first-order chi connectivity index (χ1) is 9.99. The largest absolute Gasteiger partial charge is 0.363 e. The van der Waals surface area contributed by atoms with Crippen LogP contribution in [0.4, 0.5) is 17.3 Å². The molecule has 1 aromatic carbocycles. The lowest BCUT2D eigenvalue weighted by atomic mass is 10.1.